The fourth-order valence-electron chi connectivity index (χ4n) is 2.99. The Morgan fingerprint density at radius 1 is 1.45 bits per heavy atom. The maximum Gasteiger partial charge on any atom is 0.310 e. The summed E-state index contributed by atoms with van der Waals surface area (Å²) < 4.78 is 1.09. The number of aliphatic carboxylic acids is 1. The normalized spacial score (nSPS) is 24.8. The highest BCUT2D eigenvalue weighted by Gasteiger charge is 2.44. The van der Waals surface area contributed by atoms with Crippen molar-refractivity contribution in [2.24, 2.45) is 5.41 Å². The molecule has 0 spiro atoms. The number of hydrogen-bond donors (Lipinski definition) is 1. The number of likely N-dealkylation sites (tertiary alicyclic amines) is 1. The number of carboxylic acid groups (broad SMARTS) is 1. The maximum atomic E-state index is 11.5. The van der Waals surface area contributed by atoms with Gasteiger partial charge in [0, 0.05) is 17.1 Å². The highest BCUT2D eigenvalue weighted by molar-refractivity contribution is 9.10. The molecule has 20 heavy (non-hydrogen) atoms. The lowest BCUT2D eigenvalue weighted by molar-refractivity contribution is -0.148. The summed E-state index contributed by atoms with van der Waals surface area (Å²) in [6.45, 7) is 5.74. The summed E-state index contributed by atoms with van der Waals surface area (Å²) in [5.74, 6) is -0.640. The molecule has 1 fully saturated rings. The zero-order chi connectivity index (χ0) is 14.8. The number of rotatable bonds is 5. The molecule has 1 N–H and O–H groups in total. The van der Waals surface area contributed by atoms with Gasteiger partial charge in [0.15, 0.2) is 0 Å². The van der Waals surface area contributed by atoms with Crippen LogP contribution in [0.1, 0.15) is 32.3 Å². The minimum absolute atomic E-state index is 0.379. The second-order valence-electron chi connectivity index (χ2n) is 5.84. The predicted molar refractivity (Wildman–Crippen MR) is 83.9 cm³/mol. The number of halogens is 1. The third kappa shape index (κ3) is 3.23. The third-order valence-electron chi connectivity index (χ3n) is 4.58. The summed E-state index contributed by atoms with van der Waals surface area (Å²) >= 11 is 3.44. The SMILES string of the molecule is CCC1(C(=O)O)CCN(C(C)Cc2ccc(Br)cc2)C1. The molecular weight excluding hydrogens is 318 g/mol. The molecule has 1 saturated heterocycles. The van der Waals surface area contributed by atoms with Crippen LogP contribution in [-0.2, 0) is 11.2 Å². The van der Waals surface area contributed by atoms with Crippen LogP contribution in [0.25, 0.3) is 0 Å². The summed E-state index contributed by atoms with van der Waals surface area (Å²) in [5.41, 5.74) is 0.763. The van der Waals surface area contributed by atoms with E-state index in [0.717, 1.165) is 23.9 Å². The van der Waals surface area contributed by atoms with E-state index in [9.17, 15) is 9.90 Å². The van der Waals surface area contributed by atoms with Gasteiger partial charge in [-0.05, 0) is 50.4 Å². The van der Waals surface area contributed by atoms with Crippen LogP contribution < -0.4 is 0 Å². The first-order valence-corrected chi connectivity index (χ1v) is 7.98. The van der Waals surface area contributed by atoms with Gasteiger partial charge in [-0.1, -0.05) is 35.0 Å². The summed E-state index contributed by atoms with van der Waals surface area (Å²) in [6, 6.07) is 8.74. The molecule has 1 aromatic rings. The van der Waals surface area contributed by atoms with Crippen molar-refractivity contribution in [3.8, 4) is 0 Å². The predicted octanol–water partition coefficient (Wildman–Crippen LogP) is 3.57. The Labute approximate surface area is 129 Å². The summed E-state index contributed by atoms with van der Waals surface area (Å²) in [7, 11) is 0. The molecule has 2 rings (SSSR count). The molecule has 0 amide bonds. The van der Waals surface area contributed by atoms with Crippen molar-refractivity contribution in [3.63, 3.8) is 0 Å². The minimum atomic E-state index is -0.640. The van der Waals surface area contributed by atoms with Crippen molar-refractivity contribution in [1.29, 1.82) is 0 Å². The van der Waals surface area contributed by atoms with Gasteiger partial charge in [0.25, 0.3) is 0 Å². The molecule has 1 aliphatic heterocycles. The molecule has 3 nitrogen and oxygen atoms in total. The fourth-order valence-corrected chi connectivity index (χ4v) is 3.25. The largest absolute Gasteiger partial charge is 0.481 e. The second-order valence-corrected chi connectivity index (χ2v) is 6.75. The van der Waals surface area contributed by atoms with E-state index in [0.29, 0.717) is 19.0 Å². The van der Waals surface area contributed by atoms with E-state index >= 15 is 0 Å². The van der Waals surface area contributed by atoms with E-state index in [1.54, 1.807) is 0 Å². The number of nitrogens with zero attached hydrogens (tertiary/aromatic N) is 1. The van der Waals surface area contributed by atoms with Crippen LogP contribution in [0, 0.1) is 5.41 Å². The first-order valence-electron chi connectivity index (χ1n) is 7.19. The first-order chi connectivity index (χ1) is 9.47. The monoisotopic (exact) mass is 339 g/mol. The van der Waals surface area contributed by atoms with Gasteiger partial charge in [-0.25, -0.2) is 0 Å². The third-order valence-corrected chi connectivity index (χ3v) is 5.11. The molecule has 0 radical (unpaired) electrons. The van der Waals surface area contributed by atoms with Crippen LogP contribution in [0.2, 0.25) is 0 Å². The van der Waals surface area contributed by atoms with E-state index in [4.69, 9.17) is 0 Å². The molecule has 4 heteroatoms. The lowest BCUT2D eigenvalue weighted by atomic mass is 9.84. The first kappa shape index (κ1) is 15.5. The van der Waals surface area contributed by atoms with E-state index in [1.165, 1.54) is 5.56 Å². The zero-order valence-corrected chi connectivity index (χ0v) is 13.7. The van der Waals surface area contributed by atoms with Crippen molar-refractivity contribution >= 4 is 21.9 Å². The van der Waals surface area contributed by atoms with E-state index in [-0.39, 0.29) is 0 Å². The van der Waals surface area contributed by atoms with Gasteiger partial charge in [0.05, 0.1) is 5.41 Å². The second kappa shape index (κ2) is 6.27. The van der Waals surface area contributed by atoms with E-state index in [1.807, 2.05) is 6.92 Å². The number of carbonyl (C=O) groups is 1. The fraction of sp³-hybridized carbons (Fsp3) is 0.562. The lowest BCUT2D eigenvalue weighted by Gasteiger charge is -2.27. The topological polar surface area (TPSA) is 40.5 Å². The molecule has 1 aromatic carbocycles. The number of carboxylic acids is 1. The van der Waals surface area contributed by atoms with Crippen molar-refractivity contribution in [1.82, 2.24) is 4.90 Å². The molecule has 1 aliphatic rings. The van der Waals surface area contributed by atoms with E-state index in [2.05, 4.69) is 52.0 Å². The van der Waals surface area contributed by atoms with Crippen molar-refractivity contribution in [2.45, 2.75) is 39.2 Å². The molecule has 0 saturated carbocycles. The van der Waals surface area contributed by atoms with Gasteiger partial charge in [-0.3, -0.25) is 9.69 Å². The summed E-state index contributed by atoms with van der Waals surface area (Å²) in [6.07, 6.45) is 2.44. The average molecular weight is 340 g/mol. The van der Waals surface area contributed by atoms with Crippen molar-refractivity contribution < 1.29 is 9.90 Å². The molecule has 1 heterocycles. The van der Waals surface area contributed by atoms with E-state index < -0.39 is 11.4 Å². The highest BCUT2D eigenvalue weighted by Crippen LogP contribution is 2.35. The lowest BCUT2D eigenvalue weighted by Crippen LogP contribution is -2.38. The molecule has 2 atom stereocenters. The molecule has 0 aliphatic carbocycles. The summed E-state index contributed by atoms with van der Waals surface area (Å²) in [5, 5.41) is 9.45. The van der Waals surface area contributed by atoms with Crippen molar-refractivity contribution in [2.75, 3.05) is 13.1 Å². The Hall–Kier alpha value is -0.870. The highest BCUT2D eigenvalue weighted by atomic mass is 79.9. The van der Waals surface area contributed by atoms with Crippen LogP contribution in [0.15, 0.2) is 28.7 Å². The molecular formula is C16H22BrNO2. The Balaban J connectivity index is 1.99. The Morgan fingerprint density at radius 3 is 2.60 bits per heavy atom. The van der Waals surface area contributed by atoms with Gasteiger partial charge in [-0.15, -0.1) is 0 Å². The standard InChI is InChI=1S/C16H22BrNO2/c1-3-16(15(19)20)8-9-18(11-16)12(2)10-13-4-6-14(17)7-5-13/h4-7,12H,3,8-11H2,1-2H3,(H,19,20). The minimum Gasteiger partial charge on any atom is -0.481 e. The molecule has 2 unspecified atom stereocenters. The van der Waals surface area contributed by atoms with Gasteiger partial charge in [-0.2, -0.15) is 0 Å². The van der Waals surface area contributed by atoms with Gasteiger partial charge >= 0.3 is 5.97 Å². The van der Waals surface area contributed by atoms with Gasteiger partial charge in [0.1, 0.15) is 0 Å². The molecule has 0 bridgehead atoms. The number of benzene rings is 1. The van der Waals surface area contributed by atoms with Crippen LogP contribution in [0.5, 0.6) is 0 Å². The quantitative estimate of drug-likeness (QED) is 0.891. The Kier molecular flexibility index (Phi) is 4.86. The van der Waals surface area contributed by atoms with Gasteiger partial charge < -0.3 is 5.11 Å². The van der Waals surface area contributed by atoms with Crippen LogP contribution in [-0.4, -0.2) is 35.1 Å². The maximum absolute atomic E-state index is 11.5. The zero-order valence-electron chi connectivity index (χ0n) is 12.1. The van der Waals surface area contributed by atoms with Crippen LogP contribution in [0.4, 0.5) is 0 Å². The van der Waals surface area contributed by atoms with Crippen LogP contribution in [0.3, 0.4) is 0 Å². The van der Waals surface area contributed by atoms with Gasteiger partial charge in [0.2, 0.25) is 0 Å². The Bertz CT molecular complexity index is 474. The van der Waals surface area contributed by atoms with Crippen LogP contribution >= 0.6 is 15.9 Å². The molecule has 0 aromatic heterocycles. The number of hydrogen-bond acceptors (Lipinski definition) is 2. The smallest absolute Gasteiger partial charge is 0.310 e. The molecule has 110 valence electrons. The Morgan fingerprint density at radius 2 is 2.10 bits per heavy atom. The van der Waals surface area contributed by atoms with Crippen molar-refractivity contribution in [3.05, 3.63) is 34.3 Å². The average Bonchev–Trinajstić information content (AvgIpc) is 2.87. The summed E-state index contributed by atoms with van der Waals surface area (Å²) in [4.78, 5) is 13.8.